The number of hydrogen-bond donors (Lipinski definition) is 2. The average molecular weight is 422 g/mol. The van der Waals surface area contributed by atoms with Crippen molar-refractivity contribution in [1.29, 1.82) is 0 Å². The highest BCUT2D eigenvalue weighted by molar-refractivity contribution is 5.53. The summed E-state index contributed by atoms with van der Waals surface area (Å²) >= 11 is 0. The molecule has 8 nitrogen and oxygen atoms in total. The third-order valence-corrected chi connectivity index (χ3v) is 5.57. The zero-order valence-corrected chi connectivity index (χ0v) is 17.7. The Morgan fingerprint density at radius 3 is 2.68 bits per heavy atom. The van der Waals surface area contributed by atoms with Crippen molar-refractivity contribution in [3.8, 4) is 28.6 Å². The zero-order chi connectivity index (χ0) is 21.8. The lowest BCUT2D eigenvalue weighted by Gasteiger charge is -2.32. The summed E-state index contributed by atoms with van der Waals surface area (Å²) in [4.78, 5) is 26.3. The average Bonchev–Trinajstić information content (AvgIpc) is 2.80. The molecule has 1 aromatic carbocycles. The molecule has 1 saturated heterocycles. The summed E-state index contributed by atoms with van der Waals surface area (Å²) in [6, 6.07) is 8.96. The van der Waals surface area contributed by atoms with Gasteiger partial charge in [-0.3, -0.25) is 14.7 Å². The number of ether oxygens (including phenoxy) is 2. The van der Waals surface area contributed by atoms with Gasteiger partial charge in [0.2, 0.25) is 5.75 Å². The van der Waals surface area contributed by atoms with Crippen molar-refractivity contribution in [2.75, 3.05) is 27.3 Å². The van der Waals surface area contributed by atoms with Crippen molar-refractivity contribution >= 4 is 0 Å². The lowest BCUT2D eigenvalue weighted by atomic mass is 9.94. The molecule has 0 amide bonds. The molecular formula is C23H26N4O4. The molecule has 1 aliphatic rings. The normalized spacial score (nSPS) is 16.8. The second-order valence-corrected chi connectivity index (χ2v) is 7.68. The molecule has 1 unspecified atom stereocenters. The molecule has 0 saturated carbocycles. The Labute approximate surface area is 180 Å². The second-order valence-electron chi connectivity index (χ2n) is 7.68. The molecular weight excluding hydrogens is 396 g/mol. The fraction of sp³-hybridized carbons (Fsp3) is 0.348. The smallest absolute Gasteiger partial charge is 0.251 e. The zero-order valence-electron chi connectivity index (χ0n) is 17.7. The van der Waals surface area contributed by atoms with Gasteiger partial charge in [0.1, 0.15) is 5.82 Å². The molecule has 3 aromatic rings. The van der Waals surface area contributed by atoms with Crippen molar-refractivity contribution < 1.29 is 14.6 Å². The number of aromatic hydroxyl groups is 1. The molecule has 2 aromatic heterocycles. The maximum Gasteiger partial charge on any atom is 0.251 e. The van der Waals surface area contributed by atoms with Crippen LogP contribution in [0.3, 0.4) is 0 Å². The Kier molecular flexibility index (Phi) is 6.18. The number of aromatic nitrogens is 3. The van der Waals surface area contributed by atoms with Crippen LogP contribution in [0.2, 0.25) is 0 Å². The van der Waals surface area contributed by atoms with Crippen molar-refractivity contribution in [2.45, 2.75) is 25.3 Å². The molecule has 1 atom stereocenters. The van der Waals surface area contributed by atoms with E-state index in [2.05, 4.69) is 14.9 Å². The minimum absolute atomic E-state index is 0.000845. The number of benzene rings is 1. The van der Waals surface area contributed by atoms with Crippen LogP contribution in [0, 0.1) is 0 Å². The van der Waals surface area contributed by atoms with Crippen LogP contribution in [0.25, 0.3) is 11.4 Å². The van der Waals surface area contributed by atoms with E-state index in [1.807, 2.05) is 24.3 Å². The summed E-state index contributed by atoms with van der Waals surface area (Å²) in [5.74, 6) is 1.48. The van der Waals surface area contributed by atoms with Gasteiger partial charge in [-0.2, -0.15) is 0 Å². The third kappa shape index (κ3) is 4.69. The lowest BCUT2D eigenvalue weighted by Crippen LogP contribution is -2.34. The minimum atomic E-state index is -0.158. The van der Waals surface area contributed by atoms with E-state index in [-0.39, 0.29) is 17.2 Å². The molecule has 2 N–H and O–H groups in total. The van der Waals surface area contributed by atoms with E-state index in [1.54, 1.807) is 18.5 Å². The van der Waals surface area contributed by atoms with Gasteiger partial charge in [-0.15, -0.1) is 0 Å². The Bertz CT molecular complexity index is 1080. The molecule has 162 valence electrons. The molecule has 8 heteroatoms. The monoisotopic (exact) mass is 422 g/mol. The topological polar surface area (TPSA) is 101 Å². The maximum atomic E-state index is 12.3. The number of H-pyrrole nitrogens is 1. The Balaban J connectivity index is 1.55. The fourth-order valence-corrected chi connectivity index (χ4v) is 4.06. The van der Waals surface area contributed by atoms with Gasteiger partial charge in [-0.05, 0) is 49.2 Å². The van der Waals surface area contributed by atoms with Crippen LogP contribution in [0.1, 0.15) is 30.0 Å². The molecule has 0 aliphatic carbocycles. The maximum absolute atomic E-state index is 12.3. The first-order chi connectivity index (χ1) is 15.1. The molecule has 0 radical (unpaired) electrons. The Morgan fingerprint density at radius 2 is 2.00 bits per heavy atom. The fourth-order valence-electron chi connectivity index (χ4n) is 4.06. The van der Waals surface area contributed by atoms with Gasteiger partial charge in [0, 0.05) is 43.0 Å². The van der Waals surface area contributed by atoms with E-state index in [4.69, 9.17) is 14.5 Å². The molecule has 4 rings (SSSR count). The van der Waals surface area contributed by atoms with Crippen molar-refractivity contribution in [1.82, 2.24) is 19.9 Å². The number of likely N-dealkylation sites (tertiary alicyclic amines) is 1. The van der Waals surface area contributed by atoms with E-state index in [9.17, 15) is 9.90 Å². The summed E-state index contributed by atoms with van der Waals surface area (Å²) in [6.45, 7) is 2.41. The highest BCUT2D eigenvalue weighted by atomic mass is 16.5. The number of methoxy groups -OCH3 is 2. The van der Waals surface area contributed by atoms with Crippen molar-refractivity contribution in [3.63, 3.8) is 0 Å². The highest BCUT2D eigenvalue weighted by Crippen LogP contribution is 2.38. The lowest BCUT2D eigenvalue weighted by molar-refractivity contribution is 0.198. The largest absolute Gasteiger partial charge is 0.502 e. The number of aromatic amines is 1. The van der Waals surface area contributed by atoms with E-state index >= 15 is 0 Å². The van der Waals surface area contributed by atoms with Gasteiger partial charge in [-0.25, -0.2) is 4.98 Å². The van der Waals surface area contributed by atoms with Crippen LogP contribution in [0.15, 0.2) is 47.5 Å². The van der Waals surface area contributed by atoms with Crippen LogP contribution in [-0.4, -0.2) is 52.3 Å². The predicted octanol–water partition coefficient (Wildman–Crippen LogP) is 2.93. The van der Waals surface area contributed by atoms with Gasteiger partial charge in [0.15, 0.2) is 11.5 Å². The summed E-state index contributed by atoms with van der Waals surface area (Å²) in [6.07, 6.45) is 5.37. The number of rotatable bonds is 6. The van der Waals surface area contributed by atoms with Gasteiger partial charge in [-0.1, -0.05) is 0 Å². The number of pyridine rings is 1. The number of nitrogens with one attached hydrogen (secondary N) is 1. The first-order valence-corrected chi connectivity index (χ1v) is 10.2. The molecule has 0 spiro atoms. The van der Waals surface area contributed by atoms with E-state index in [0.717, 1.165) is 42.8 Å². The minimum Gasteiger partial charge on any atom is -0.502 e. The first-order valence-electron chi connectivity index (χ1n) is 10.2. The number of phenolic OH excluding ortho intramolecular Hbond substituents is 1. The number of nitrogens with zero attached hydrogens (tertiary/aromatic N) is 3. The van der Waals surface area contributed by atoms with Crippen molar-refractivity contribution in [2.24, 2.45) is 0 Å². The quantitative estimate of drug-likeness (QED) is 0.630. The van der Waals surface area contributed by atoms with E-state index < -0.39 is 0 Å². The standard InChI is InChI=1S/C23H26N4O4/c1-30-19-9-15(10-20(31-2)22(19)29)13-27-8-4-6-17(14-27)18-11-21(28)26-23(25-18)16-5-3-7-24-12-16/h3,5,7,9-12,17,29H,4,6,8,13-14H2,1-2H3,(H,25,26,28). The Hall–Kier alpha value is -3.39. The molecule has 1 aliphatic heterocycles. The van der Waals surface area contributed by atoms with E-state index in [1.165, 1.54) is 14.2 Å². The van der Waals surface area contributed by atoms with Gasteiger partial charge in [0.05, 0.1) is 19.9 Å². The van der Waals surface area contributed by atoms with Crippen molar-refractivity contribution in [3.05, 3.63) is 64.3 Å². The van der Waals surface area contributed by atoms with Gasteiger partial charge < -0.3 is 19.6 Å². The number of piperidine rings is 1. The first kappa shape index (κ1) is 20.9. The molecule has 0 bridgehead atoms. The van der Waals surface area contributed by atoms with Crippen LogP contribution in [0.5, 0.6) is 17.2 Å². The van der Waals surface area contributed by atoms with Crippen LogP contribution in [0.4, 0.5) is 0 Å². The molecule has 3 heterocycles. The highest BCUT2D eigenvalue weighted by Gasteiger charge is 2.24. The molecule has 1 fully saturated rings. The van der Waals surface area contributed by atoms with Gasteiger partial charge >= 0.3 is 0 Å². The summed E-state index contributed by atoms with van der Waals surface area (Å²) in [5.41, 5.74) is 2.42. The van der Waals surface area contributed by atoms with E-state index in [0.29, 0.717) is 23.9 Å². The second kappa shape index (κ2) is 9.18. The SMILES string of the molecule is COc1cc(CN2CCCC(c3cc(=O)[nH]c(-c4cccnc4)n3)C2)cc(OC)c1O. The third-order valence-electron chi connectivity index (χ3n) is 5.57. The van der Waals surface area contributed by atoms with Crippen LogP contribution >= 0.6 is 0 Å². The number of phenols is 1. The summed E-state index contributed by atoms with van der Waals surface area (Å²) in [5, 5.41) is 10.1. The van der Waals surface area contributed by atoms with Crippen LogP contribution in [-0.2, 0) is 6.54 Å². The number of hydrogen-bond acceptors (Lipinski definition) is 7. The molecule has 31 heavy (non-hydrogen) atoms. The summed E-state index contributed by atoms with van der Waals surface area (Å²) in [7, 11) is 3.04. The van der Waals surface area contributed by atoms with Crippen LogP contribution < -0.4 is 15.0 Å². The predicted molar refractivity (Wildman–Crippen MR) is 117 cm³/mol. The summed E-state index contributed by atoms with van der Waals surface area (Å²) < 4.78 is 10.5. The Morgan fingerprint density at radius 1 is 1.23 bits per heavy atom. The van der Waals surface area contributed by atoms with Gasteiger partial charge in [0.25, 0.3) is 5.56 Å².